The van der Waals surface area contributed by atoms with Crippen LogP contribution < -0.4 is 10.2 Å². The van der Waals surface area contributed by atoms with Gasteiger partial charge in [0.1, 0.15) is 11.2 Å². The molecule has 3 heterocycles. The van der Waals surface area contributed by atoms with Gasteiger partial charge in [0, 0.05) is 24.6 Å². The van der Waals surface area contributed by atoms with E-state index in [0.717, 1.165) is 30.6 Å². The molecule has 2 aromatic heterocycles. The van der Waals surface area contributed by atoms with Crippen molar-refractivity contribution in [2.45, 2.75) is 32.2 Å². The molecular weight excluding hydrogens is 488 g/mol. The summed E-state index contributed by atoms with van der Waals surface area (Å²) >= 11 is 5.92. The molecule has 2 N–H and O–H groups in total. The molecule has 0 spiro atoms. The standard InChI is InChI=1S/C28H25ClN6O2/c1-16-12-20(17(2)31-21-8-9-24(29)33-26(21)28(36)37)25-22(13-16)32-23(14-30)27(34-25)35-11-10-19(15-35)18-6-4-3-5-7-18/h3-9,12-13,17,19,31H,10-11,15H2,1-2H3,(H,36,37)/t17-,19?/m1/s1. The van der Waals surface area contributed by atoms with Crippen LogP contribution in [0.5, 0.6) is 0 Å². The summed E-state index contributed by atoms with van der Waals surface area (Å²) in [4.78, 5) is 27.5. The first-order valence-corrected chi connectivity index (χ1v) is 12.4. The van der Waals surface area contributed by atoms with E-state index in [4.69, 9.17) is 16.6 Å². The summed E-state index contributed by atoms with van der Waals surface area (Å²) < 4.78 is 0. The highest BCUT2D eigenvalue weighted by atomic mass is 35.5. The Labute approximate surface area is 219 Å². The largest absolute Gasteiger partial charge is 0.476 e. The summed E-state index contributed by atoms with van der Waals surface area (Å²) in [5.41, 5.74) is 4.87. The van der Waals surface area contributed by atoms with Crippen molar-refractivity contribution in [2.24, 2.45) is 0 Å². The number of fused-ring (bicyclic) bond motifs is 1. The van der Waals surface area contributed by atoms with Gasteiger partial charge in [-0.15, -0.1) is 0 Å². The predicted molar refractivity (Wildman–Crippen MR) is 143 cm³/mol. The van der Waals surface area contributed by atoms with Gasteiger partial charge in [0.25, 0.3) is 0 Å². The molecule has 1 saturated heterocycles. The van der Waals surface area contributed by atoms with Crippen LogP contribution in [0.25, 0.3) is 11.0 Å². The maximum atomic E-state index is 11.7. The fraction of sp³-hybridized carbons (Fsp3) is 0.250. The fourth-order valence-corrected chi connectivity index (χ4v) is 5.07. The smallest absolute Gasteiger partial charge is 0.356 e. The summed E-state index contributed by atoms with van der Waals surface area (Å²) in [6.07, 6.45) is 0.967. The lowest BCUT2D eigenvalue weighted by molar-refractivity contribution is 0.0691. The zero-order valence-electron chi connectivity index (χ0n) is 20.4. The quantitative estimate of drug-likeness (QED) is 0.315. The minimum atomic E-state index is -1.17. The molecule has 0 amide bonds. The highest BCUT2D eigenvalue weighted by Crippen LogP contribution is 2.34. The second-order valence-electron chi connectivity index (χ2n) is 9.27. The van der Waals surface area contributed by atoms with Gasteiger partial charge in [0.05, 0.1) is 22.8 Å². The van der Waals surface area contributed by atoms with E-state index in [0.29, 0.717) is 34.2 Å². The van der Waals surface area contributed by atoms with Crippen LogP contribution in [0.1, 0.15) is 58.2 Å². The number of nitrogens with one attached hydrogen (secondary N) is 1. The lowest BCUT2D eigenvalue weighted by Gasteiger charge is -2.22. The van der Waals surface area contributed by atoms with Gasteiger partial charge in [-0.2, -0.15) is 5.26 Å². The zero-order chi connectivity index (χ0) is 26.1. The SMILES string of the molecule is Cc1cc([C@@H](C)Nc2ccc(Cl)nc2C(=O)O)c2nc(N3CCC(c4ccccc4)C3)c(C#N)nc2c1. The van der Waals surface area contributed by atoms with E-state index in [1.165, 1.54) is 5.56 Å². The van der Waals surface area contributed by atoms with Gasteiger partial charge in [-0.05, 0) is 49.6 Å². The highest BCUT2D eigenvalue weighted by molar-refractivity contribution is 6.29. The molecular formula is C28H25ClN6O2. The number of carboxylic acid groups (broad SMARTS) is 1. The molecule has 8 nitrogen and oxygen atoms in total. The van der Waals surface area contributed by atoms with Crippen molar-refractivity contribution >= 4 is 40.1 Å². The Balaban J connectivity index is 1.53. The number of aromatic nitrogens is 3. The Morgan fingerprint density at radius 2 is 1.97 bits per heavy atom. The Kier molecular flexibility index (Phi) is 6.64. The molecule has 4 aromatic rings. The van der Waals surface area contributed by atoms with Crippen molar-refractivity contribution in [1.82, 2.24) is 15.0 Å². The van der Waals surface area contributed by atoms with Crippen molar-refractivity contribution in [1.29, 1.82) is 5.26 Å². The zero-order valence-corrected chi connectivity index (χ0v) is 21.2. The molecule has 0 bridgehead atoms. The molecule has 1 unspecified atom stereocenters. The first-order chi connectivity index (χ1) is 17.8. The molecule has 0 aliphatic carbocycles. The first kappa shape index (κ1) is 24.5. The van der Waals surface area contributed by atoms with Crippen LogP contribution in [0.15, 0.2) is 54.6 Å². The van der Waals surface area contributed by atoms with Gasteiger partial charge in [-0.25, -0.2) is 19.7 Å². The van der Waals surface area contributed by atoms with E-state index in [1.807, 2.05) is 44.2 Å². The topological polar surface area (TPSA) is 115 Å². The van der Waals surface area contributed by atoms with E-state index >= 15 is 0 Å². The number of hydrogen-bond acceptors (Lipinski definition) is 7. The van der Waals surface area contributed by atoms with Crippen LogP contribution in [0.4, 0.5) is 11.5 Å². The Hall–Kier alpha value is -4.22. The van der Waals surface area contributed by atoms with Gasteiger partial charge in [0.2, 0.25) is 0 Å². The van der Waals surface area contributed by atoms with Gasteiger partial charge < -0.3 is 15.3 Å². The maximum Gasteiger partial charge on any atom is 0.356 e. The lowest BCUT2D eigenvalue weighted by Crippen LogP contribution is -2.22. The number of nitriles is 1. The van der Waals surface area contributed by atoms with Crippen molar-refractivity contribution < 1.29 is 9.90 Å². The molecule has 37 heavy (non-hydrogen) atoms. The number of pyridine rings is 1. The van der Waals surface area contributed by atoms with Gasteiger partial charge >= 0.3 is 5.97 Å². The van der Waals surface area contributed by atoms with E-state index in [9.17, 15) is 15.2 Å². The number of carboxylic acids is 1. The molecule has 2 aromatic carbocycles. The molecule has 186 valence electrons. The van der Waals surface area contributed by atoms with E-state index < -0.39 is 5.97 Å². The number of benzene rings is 2. The minimum Gasteiger partial charge on any atom is -0.476 e. The van der Waals surface area contributed by atoms with Crippen LogP contribution >= 0.6 is 11.6 Å². The second-order valence-corrected chi connectivity index (χ2v) is 9.66. The van der Waals surface area contributed by atoms with Gasteiger partial charge in [-0.3, -0.25) is 0 Å². The highest BCUT2D eigenvalue weighted by Gasteiger charge is 2.28. The van der Waals surface area contributed by atoms with Crippen molar-refractivity contribution in [3.8, 4) is 6.07 Å². The number of halogens is 1. The molecule has 0 radical (unpaired) electrons. The third-order valence-corrected chi connectivity index (χ3v) is 6.90. The Morgan fingerprint density at radius 3 is 2.70 bits per heavy atom. The van der Waals surface area contributed by atoms with Crippen LogP contribution in [0.2, 0.25) is 5.15 Å². The van der Waals surface area contributed by atoms with Crippen molar-refractivity contribution in [2.75, 3.05) is 23.3 Å². The summed E-state index contributed by atoms with van der Waals surface area (Å²) in [6.45, 7) is 5.41. The van der Waals surface area contributed by atoms with Crippen LogP contribution in [-0.2, 0) is 0 Å². The molecule has 1 aliphatic heterocycles. The van der Waals surface area contributed by atoms with Crippen LogP contribution in [0.3, 0.4) is 0 Å². The third-order valence-electron chi connectivity index (χ3n) is 6.69. The van der Waals surface area contributed by atoms with Crippen LogP contribution in [-0.4, -0.2) is 39.1 Å². The summed E-state index contributed by atoms with van der Waals surface area (Å²) in [6, 6.07) is 19.3. The average Bonchev–Trinajstić information content (AvgIpc) is 3.39. The third kappa shape index (κ3) is 4.91. The van der Waals surface area contributed by atoms with Crippen molar-refractivity contribution in [3.05, 3.63) is 87.8 Å². The molecule has 9 heteroatoms. The fourth-order valence-electron chi connectivity index (χ4n) is 4.92. The number of anilines is 2. The molecule has 2 atom stereocenters. The van der Waals surface area contributed by atoms with Crippen LogP contribution in [0, 0.1) is 18.3 Å². The normalized spacial score (nSPS) is 15.9. The molecule has 1 aliphatic rings. The lowest BCUT2D eigenvalue weighted by atomic mass is 9.99. The maximum absolute atomic E-state index is 11.7. The van der Waals surface area contributed by atoms with E-state index in [-0.39, 0.29) is 16.9 Å². The second kappa shape index (κ2) is 10.0. The molecule has 0 saturated carbocycles. The number of aromatic carboxylic acids is 1. The molecule has 1 fully saturated rings. The van der Waals surface area contributed by atoms with E-state index in [2.05, 4.69) is 38.4 Å². The number of hydrogen-bond donors (Lipinski definition) is 2. The van der Waals surface area contributed by atoms with Crippen molar-refractivity contribution in [3.63, 3.8) is 0 Å². The Bertz CT molecular complexity index is 1540. The summed E-state index contributed by atoms with van der Waals surface area (Å²) in [7, 11) is 0. The number of rotatable bonds is 6. The van der Waals surface area contributed by atoms with E-state index in [1.54, 1.807) is 12.1 Å². The monoisotopic (exact) mass is 512 g/mol. The van der Waals surface area contributed by atoms with Gasteiger partial charge in [0.15, 0.2) is 17.2 Å². The summed E-state index contributed by atoms with van der Waals surface area (Å²) in [5.74, 6) is -0.241. The summed E-state index contributed by atoms with van der Waals surface area (Å²) in [5, 5.41) is 22.9. The van der Waals surface area contributed by atoms with Gasteiger partial charge in [-0.1, -0.05) is 48.0 Å². The predicted octanol–water partition coefficient (Wildman–Crippen LogP) is 5.72. The average molecular weight is 513 g/mol. The first-order valence-electron chi connectivity index (χ1n) is 12.0. The minimum absolute atomic E-state index is 0.107. The number of carbonyl (C=O) groups is 1. The number of aryl methyl sites for hydroxylation is 1. The molecule has 5 rings (SSSR count). The number of nitrogens with zero attached hydrogens (tertiary/aromatic N) is 5. The Morgan fingerprint density at radius 1 is 1.19 bits per heavy atom.